The second-order valence-corrected chi connectivity index (χ2v) is 5.41. The highest BCUT2D eigenvalue weighted by molar-refractivity contribution is 5.85. The minimum atomic E-state index is -0.371. The molecular weight excluding hydrogens is 304 g/mol. The number of ether oxygens (including phenoxy) is 1. The van der Waals surface area contributed by atoms with Gasteiger partial charge in [0.15, 0.2) is 0 Å². The molecule has 1 rings (SSSR count). The summed E-state index contributed by atoms with van der Waals surface area (Å²) in [6.45, 7) is 5.57. The van der Waals surface area contributed by atoms with Crippen LogP contribution in [0.15, 0.2) is 30.3 Å². The largest absolute Gasteiger partial charge is 0.463 e. The Morgan fingerprint density at radius 3 is 2.32 bits per heavy atom. The number of amides is 1. The Bertz CT molecular complexity index is 466. The van der Waals surface area contributed by atoms with Crippen LogP contribution in [0.3, 0.4) is 0 Å². The van der Waals surface area contributed by atoms with E-state index in [1.54, 1.807) is 20.8 Å². The van der Waals surface area contributed by atoms with Crippen LogP contribution in [0.2, 0.25) is 0 Å². The number of rotatable bonds is 7. The summed E-state index contributed by atoms with van der Waals surface area (Å²) < 4.78 is 5.08. The average Bonchev–Trinajstić information content (AvgIpc) is 2.44. The third-order valence-corrected chi connectivity index (χ3v) is 2.99. The van der Waals surface area contributed by atoms with E-state index in [9.17, 15) is 9.59 Å². The van der Waals surface area contributed by atoms with Crippen LogP contribution < -0.4 is 11.1 Å². The number of hydrogen-bond donors (Lipinski definition) is 2. The molecule has 0 radical (unpaired) electrons. The molecule has 0 aromatic heterocycles. The van der Waals surface area contributed by atoms with Gasteiger partial charge in [0, 0.05) is 19.0 Å². The fourth-order valence-corrected chi connectivity index (χ4v) is 1.79. The molecule has 6 heteroatoms. The number of hydrogen-bond acceptors (Lipinski definition) is 4. The molecule has 124 valence electrons. The zero-order valence-electron chi connectivity index (χ0n) is 13.2. The Labute approximate surface area is 138 Å². The maximum absolute atomic E-state index is 11.8. The van der Waals surface area contributed by atoms with E-state index >= 15 is 0 Å². The van der Waals surface area contributed by atoms with Gasteiger partial charge in [0.25, 0.3) is 0 Å². The van der Waals surface area contributed by atoms with Crippen LogP contribution in [0, 0.1) is 5.92 Å². The van der Waals surface area contributed by atoms with Gasteiger partial charge in [0.05, 0.1) is 12.0 Å². The molecule has 0 saturated heterocycles. The summed E-state index contributed by atoms with van der Waals surface area (Å²) in [6, 6.07) is 9.11. The second kappa shape index (κ2) is 10.2. The van der Waals surface area contributed by atoms with Crippen LogP contribution in [0.5, 0.6) is 0 Å². The van der Waals surface area contributed by atoms with Gasteiger partial charge in [-0.15, -0.1) is 12.4 Å². The van der Waals surface area contributed by atoms with Gasteiger partial charge in [-0.3, -0.25) is 9.59 Å². The standard InChI is InChI=1S/C16H24N2O3.ClH/c1-11(2)21-16(20)12(3)10-18-15(19)9-14(17)13-7-5-4-6-8-13;/h4-8,11-12,14H,9-10,17H2,1-3H3,(H,18,19);1H. The summed E-state index contributed by atoms with van der Waals surface area (Å²) in [5.41, 5.74) is 6.89. The van der Waals surface area contributed by atoms with Crippen molar-refractivity contribution >= 4 is 24.3 Å². The predicted molar refractivity (Wildman–Crippen MR) is 88.6 cm³/mol. The van der Waals surface area contributed by atoms with Crippen molar-refractivity contribution in [2.75, 3.05) is 6.54 Å². The van der Waals surface area contributed by atoms with Crippen molar-refractivity contribution in [3.05, 3.63) is 35.9 Å². The predicted octanol–water partition coefficient (Wildman–Crippen LogP) is 2.20. The van der Waals surface area contributed by atoms with Crippen LogP contribution in [0.25, 0.3) is 0 Å². The summed E-state index contributed by atoms with van der Waals surface area (Å²) in [4.78, 5) is 23.4. The van der Waals surface area contributed by atoms with Gasteiger partial charge in [-0.25, -0.2) is 0 Å². The summed E-state index contributed by atoms with van der Waals surface area (Å²) >= 11 is 0. The Hall–Kier alpha value is -1.59. The van der Waals surface area contributed by atoms with Crippen molar-refractivity contribution in [3.8, 4) is 0 Å². The van der Waals surface area contributed by atoms with E-state index in [4.69, 9.17) is 10.5 Å². The van der Waals surface area contributed by atoms with E-state index in [0.717, 1.165) is 5.56 Å². The molecule has 3 N–H and O–H groups in total. The molecule has 0 bridgehead atoms. The number of halogens is 1. The number of carbonyl (C=O) groups excluding carboxylic acids is 2. The Morgan fingerprint density at radius 2 is 1.77 bits per heavy atom. The van der Waals surface area contributed by atoms with Crippen LogP contribution in [0.4, 0.5) is 0 Å². The molecule has 1 aromatic rings. The molecule has 1 amide bonds. The topological polar surface area (TPSA) is 81.4 Å². The zero-order chi connectivity index (χ0) is 15.8. The van der Waals surface area contributed by atoms with Crippen molar-refractivity contribution in [2.45, 2.75) is 39.3 Å². The van der Waals surface area contributed by atoms with Gasteiger partial charge in [0.2, 0.25) is 5.91 Å². The van der Waals surface area contributed by atoms with Gasteiger partial charge >= 0.3 is 5.97 Å². The maximum Gasteiger partial charge on any atom is 0.310 e. The summed E-state index contributed by atoms with van der Waals surface area (Å²) in [5.74, 6) is -0.850. The molecule has 5 nitrogen and oxygen atoms in total. The Kier molecular flexibility index (Phi) is 9.45. The first-order chi connectivity index (χ1) is 9.90. The highest BCUT2D eigenvalue weighted by Gasteiger charge is 2.17. The molecule has 0 aliphatic rings. The molecule has 0 heterocycles. The molecule has 22 heavy (non-hydrogen) atoms. The first kappa shape index (κ1) is 20.4. The van der Waals surface area contributed by atoms with Gasteiger partial charge in [0.1, 0.15) is 0 Å². The Balaban J connectivity index is 0.00000441. The minimum absolute atomic E-state index is 0. The van der Waals surface area contributed by atoms with E-state index in [1.807, 2.05) is 30.3 Å². The third-order valence-electron chi connectivity index (χ3n) is 2.99. The van der Waals surface area contributed by atoms with Crippen molar-refractivity contribution < 1.29 is 14.3 Å². The van der Waals surface area contributed by atoms with E-state index in [2.05, 4.69) is 5.32 Å². The summed E-state index contributed by atoms with van der Waals surface area (Å²) in [7, 11) is 0. The Morgan fingerprint density at radius 1 is 1.18 bits per heavy atom. The van der Waals surface area contributed by atoms with Crippen molar-refractivity contribution in [2.24, 2.45) is 11.7 Å². The molecule has 2 atom stereocenters. The molecule has 0 fully saturated rings. The first-order valence-corrected chi connectivity index (χ1v) is 7.18. The van der Waals surface area contributed by atoms with E-state index in [1.165, 1.54) is 0 Å². The van der Waals surface area contributed by atoms with Gasteiger partial charge < -0.3 is 15.8 Å². The number of carbonyl (C=O) groups is 2. The molecule has 0 aliphatic heterocycles. The lowest BCUT2D eigenvalue weighted by atomic mass is 10.0. The maximum atomic E-state index is 11.8. The first-order valence-electron chi connectivity index (χ1n) is 7.18. The quantitative estimate of drug-likeness (QED) is 0.752. The van der Waals surface area contributed by atoms with Crippen LogP contribution >= 0.6 is 12.4 Å². The van der Waals surface area contributed by atoms with Crippen LogP contribution in [-0.2, 0) is 14.3 Å². The number of benzene rings is 1. The molecule has 0 spiro atoms. The molecule has 1 aromatic carbocycles. The molecule has 2 unspecified atom stereocenters. The second-order valence-electron chi connectivity index (χ2n) is 5.41. The smallest absolute Gasteiger partial charge is 0.310 e. The SMILES string of the molecule is CC(C)OC(=O)C(C)CNC(=O)CC(N)c1ccccc1.Cl. The van der Waals surface area contributed by atoms with E-state index < -0.39 is 0 Å². The third kappa shape index (κ3) is 7.43. The number of nitrogens with two attached hydrogens (primary N) is 1. The highest BCUT2D eigenvalue weighted by atomic mass is 35.5. The monoisotopic (exact) mass is 328 g/mol. The lowest BCUT2D eigenvalue weighted by molar-refractivity contribution is -0.151. The van der Waals surface area contributed by atoms with Crippen molar-refractivity contribution in [1.29, 1.82) is 0 Å². The van der Waals surface area contributed by atoms with E-state index in [-0.39, 0.29) is 55.3 Å². The molecule has 0 saturated carbocycles. The van der Waals surface area contributed by atoms with Crippen molar-refractivity contribution in [3.63, 3.8) is 0 Å². The van der Waals surface area contributed by atoms with Gasteiger partial charge in [-0.05, 0) is 19.4 Å². The fraction of sp³-hybridized carbons (Fsp3) is 0.500. The summed E-state index contributed by atoms with van der Waals surface area (Å²) in [5, 5.41) is 2.72. The summed E-state index contributed by atoms with van der Waals surface area (Å²) in [6.07, 6.45) is 0.0397. The van der Waals surface area contributed by atoms with Crippen molar-refractivity contribution in [1.82, 2.24) is 5.32 Å². The minimum Gasteiger partial charge on any atom is -0.463 e. The van der Waals surface area contributed by atoms with Gasteiger partial charge in [-0.1, -0.05) is 37.3 Å². The normalized spacial score (nSPS) is 13.0. The number of nitrogens with one attached hydrogen (secondary N) is 1. The molecular formula is C16H25ClN2O3. The lowest BCUT2D eigenvalue weighted by Crippen LogP contribution is -2.34. The number of esters is 1. The van der Waals surface area contributed by atoms with E-state index in [0.29, 0.717) is 0 Å². The highest BCUT2D eigenvalue weighted by Crippen LogP contribution is 2.13. The van der Waals surface area contributed by atoms with Gasteiger partial charge in [-0.2, -0.15) is 0 Å². The van der Waals surface area contributed by atoms with Crippen LogP contribution in [0.1, 0.15) is 38.8 Å². The van der Waals surface area contributed by atoms with Crippen LogP contribution in [-0.4, -0.2) is 24.5 Å². The molecule has 0 aliphatic carbocycles. The zero-order valence-corrected chi connectivity index (χ0v) is 14.1. The average molecular weight is 329 g/mol. The lowest BCUT2D eigenvalue weighted by Gasteiger charge is -2.16. The fourth-order valence-electron chi connectivity index (χ4n) is 1.79.